The molecule has 0 atom stereocenters. The largest absolute Gasteiger partial charge is 0.466 e. The number of H-pyrrole nitrogens is 1. The third kappa shape index (κ3) is 2.73. The lowest BCUT2D eigenvalue weighted by molar-refractivity contribution is -0.141. The lowest BCUT2D eigenvalue weighted by Crippen LogP contribution is -2.11. The molecule has 1 heterocycles. The fourth-order valence-corrected chi connectivity index (χ4v) is 1.10. The van der Waals surface area contributed by atoms with Crippen LogP contribution in [-0.2, 0) is 9.53 Å². The standard InChI is InChI=1S/C10H13NO3/c1-3-14-10(13)5-9(12)8-4-7(2)6-11-8/h4,6,11H,3,5H2,1-2H3. The van der Waals surface area contributed by atoms with Gasteiger partial charge in [-0.2, -0.15) is 0 Å². The number of aromatic amines is 1. The van der Waals surface area contributed by atoms with Crippen LogP contribution in [0.5, 0.6) is 0 Å². The fraction of sp³-hybridized carbons (Fsp3) is 0.400. The number of esters is 1. The molecule has 4 nitrogen and oxygen atoms in total. The molecule has 0 unspecified atom stereocenters. The lowest BCUT2D eigenvalue weighted by Gasteiger charge is -1.99. The molecular weight excluding hydrogens is 182 g/mol. The van der Waals surface area contributed by atoms with Gasteiger partial charge in [-0.1, -0.05) is 0 Å². The first-order chi connectivity index (χ1) is 6.63. The summed E-state index contributed by atoms with van der Waals surface area (Å²) < 4.78 is 4.67. The molecule has 0 saturated carbocycles. The van der Waals surface area contributed by atoms with Crippen LogP contribution in [-0.4, -0.2) is 23.3 Å². The van der Waals surface area contributed by atoms with Gasteiger partial charge in [-0.15, -0.1) is 0 Å². The van der Waals surface area contributed by atoms with Crippen molar-refractivity contribution in [2.45, 2.75) is 20.3 Å². The molecule has 0 radical (unpaired) electrons. The Morgan fingerprint density at radius 1 is 1.50 bits per heavy atom. The highest BCUT2D eigenvalue weighted by Gasteiger charge is 2.13. The number of aromatic nitrogens is 1. The molecule has 4 heteroatoms. The summed E-state index contributed by atoms with van der Waals surface area (Å²) in [6.07, 6.45) is 1.52. The zero-order valence-corrected chi connectivity index (χ0v) is 8.29. The Kier molecular flexibility index (Phi) is 3.45. The Hall–Kier alpha value is -1.58. The Balaban J connectivity index is 2.55. The molecule has 1 aromatic heterocycles. The molecule has 76 valence electrons. The predicted octanol–water partition coefficient (Wildman–Crippen LogP) is 1.46. The minimum Gasteiger partial charge on any atom is -0.466 e. The Morgan fingerprint density at radius 3 is 2.71 bits per heavy atom. The molecule has 1 N–H and O–H groups in total. The van der Waals surface area contributed by atoms with Gasteiger partial charge in [-0.25, -0.2) is 0 Å². The fourth-order valence-electron chi connectivity index (χ4n) is 1.10. The summed E-state index contributed by atoms with van der Waals surface area (Å²) >= 11 is 0. The van der Waals surface area contributed by atoms with E-state index in [0.717, 1.165) is 5.56 Å². The summed E-state index contributed by atoms with van der Waals surface area (Å²) in [6, 6.07) is 1.71. The molecule has 14 heavy (non-hydrogen) atoms. The molecule has 0 spiro atoms. The van der Waals surface area contributed by atoms with Crippen LogP contribution in [0.3, 0.4) is 0 Å². The van der Waals surface area contributed by atoms with Crippen LogP contribution in [0.1, 0.15) is 29.4 Å². The highest BCUT2D eigenvalue weighted by Crippen LogP contribution is 2.05. The van der Waals surface area contributed by atoms with Crippen molar-refractivity contribution >= 4 is 11.8 Å². The third-order valence-electron chi connectivity index (χ3n) is 1.74. The van der Waals surface area contributed by atoms with E-state index in [2.05, 4.69) is 9.72 Å². The summed E-state index contributed by atoms with van der Waals surface area (Å²) in [5.41, 5.74) is 1.42. The van der Waals surface area contributed by atoms with Crippen molar-refractivity contribution in [2.75, 3.05) is 6.61 Å². The summed E-state index contributed by atoms with van der Waals surface area (Å²) in [5, 5.41) is 0. The first-order valence-corrected chi connectivity index (χ1v) is 4.47. The van der Waals surface area contributed by atoms with Crippen molar-refractivity contribution in [2.24, 2.45) is 0 Å². The van der Waals surface area contributed by atoms with Crippen molar-refractivity contribution in [1.82, 2.24) is 4.98 Å². The van der Waals surface area contributed by atoms with Gasteiger partial charge in [0.25, 0.3) is 0 Å². The molecule has 1 rings (SSSR count). The van der Waals surface area contributed by atoms with Gasteiger partial charge in [0, 0.05) is 6.20 Å². The maximum Gasteiger partial charge on any atom is 0.313 e. The number of ketones is 1. The van der Waals surface area contributed by atoms with E-state index in [-0.39, 0.29) is 12.2 Å². The van der Waals surface area contributed by atoms with E-state index in [0.29, 0.717) is 12.3 Å². The second kappa shape index (κ2) is 4.60. The van der Waals surface area contributed by atoms with E-state index in [9.17, 15) is 9.59 Å². The zero-order chi connectivity index (χ0) is 10.6. The quantitative estimate of drug-likeness (QED) is 0.449. The normalized spacial score (nSPS) is 9.86. The molecule has 0 aliphatic carbocycles. The molecule has 0 bridgehead atoms. The van der Waals surface area contributed by atoms with Crippen molar-refractivity contribution in [3.63, 3.8) is 0 Å². The van der Waals surface area contributed by atoms with Gasteiger partial charge in [0.05, 0.1) is 12.3 Å². The van der Waals surface area contributed by atoms with Crippen molar-refractivity contribution in [3.8, 4) is 0 Å². The Labute approximate surface area is 82.3 Å². The number of Topliss-reactive ketones (excluding diaryl/α,β-unsaturated/α-hetero) is 1. The molecule has 0 amide bonds. The van der Waals surface area contributed by atoms with Gasteiger partial charge in [-0.05, 0) is 25.5 Å². The average Bonchev–Trinajstić information content (AvgIpc) is 2.52. The second-order valence-corrected chi connectivity index (χ2v) is 3.00. The minimum atomic E-state index is -0.482. The van der Waals surface area contributed by atoms with Crippen LogP contribution in [0, 0.1) is 6.92 Å². The second-order valence-electron chi connectivity index (χ2n) is 3.00. The monoisotopic (exact) mass is 195 g/mol. The number of ether oxygens (including phenoxy) is 1. The summed E-state index contributed by atoms with van der Waals surface area (Å²) in [5.74, 6) is -0.721. The number of hydrogen-bond acceptors (Lipinski definition) is 3. The Bertz CT molecular complexity index is 341. The molecule has 0 aliphatic rings. The molecule has 0 aromatic carbocycles. The summed E-state index contributed by atoms with van der Waals surface area (Å²) in [6.45, 7) is 3.88. The van der Waals surface area contributed by atoms with Crippen LogP contribution in [0.2, 0.25) is 0 Å². The van der Waals surface area contributed by atoms with Crippen molar-refractivity contribution in [3.05, 3.63) is 23.5 Å². The van der Waals surface area contributed by atoms with Crippen LogP contribution < -0.4 is 0 Å². The molecule has 0 saturated heterocycles. The van der Waals surface area contributed by atoms with E-state index in [1.165, 1.54) is 0 Å². The smallest absolute Gasteiger partial charge is 0.313 e. The highest BCUT2D eigenvalue weighted by molar-refractivity contribution is 6.04. The van der Waals surface area contributed by atoms with Crippen molar-refractivity contribution in [1.29, 1.82) is 0 Å². The topological polar surface area (TPSA) is 59.2 Å². The maximum atomic E-state index is 11.4. The minimum absolute atomic E-state index is 0.201. The molecule has 0 aliphatic heterocycles. The molecular formula is C10H13NO3. The summed E-state index contributed by atoms with van der Waals surface area (Å²) in [7, 11) is 0. The number of rotatable bonds is 4. The number of aryl methyl sites for hydroxylation is 1. The number of carbonyl (C=O) groups excluding carboxylic acids is 2. The lowest BCUT2D eigenvalue weighted by atomic mass is 10.2. The maximum absolute atomic E-state index is 11.4. The molecule has 0 fully saturated rings. The SMILES string of the molecule is CCOC(=O)CC(=O)c1cc(C)c[nH]1. The predicted molar refractivity (Wildman–Crippen MR) is 51.1 cm³/mol. The average molecular weight is 195 g/mol. The van der Waals surface area contributed by atoms with Gasteiger partial charge in [0.1, 0.15) is 6.42 Å². The van der Waals surface area contributed by atoms with E-state index in [1.807, 2.05) is 6.92 Å². The number of carbonyl (C=O) groups is 2. The third-order valence-corrected chi connectivity index (χ3v) is 1.74. The number of nitrogens with one attached hydrogen (secondary N) is 1. The van der Waals surface area contributed by atoms with Gasteiger partial charge in [-0.3, -0.25) is 9.59 Å². The molecule has 1 aromatic rings. The van der Waals surface area contributed by atoms with Crippen LogP contribution in [0.15, 0.2) is 12.3 Å². The van der Waals surface area contributed by atoms with E-state index in [1.54, 1.807) is 19.2 Å². The first-order valence-electron chi connectivity index (χ1n) is 4.47. The zero-order valence-electron chi connectivity index (χ0n) is 8.29. The van der Waals surface area contributed by atoms with Crippen LogP contribution in [0.25, 0.3) is 0 Å². The van der Waals surface area contributed by atoms with Crippen LogP contribution in [0.4, 0.5) is 0 Å². The highest BCUT2D eigenvalue weighted by atomic mass is 16.5. The van der Waals surface area contributed by atoms with E-state index < -0.39 is 5.97 Å². The van der Waals surface area contributed by atoms with Gasteiger partial charge in [0.2, 0.25) is 0 Å². The van der Waals surface area contributed by atoms with Gasteiger partial charge in [0.15, 0.2) is 5.78 Å². The van der Waals surface area contributed by atoms with Gasteiger partial charge >= 0.3 is 5.97 Å². The Morgan fingerprint density at radius 2 is 2.21 bits per heavy atom. The first kappa shape index (κ1) is 10.5. The van der Waals surface area contributed by atoms with Gasteiger partial charge < -0.3 is 9.72 Å². The van der Waals surface area contributed by atoms with Crippen molar-refractivity contribution < 1.29 is 14.3 Å². The summed E-state index contributed by atoms with van der Waals surface area (Å²) in [4.78, 5) is 25.2. The van der Waals surface area contributed by atoms with E-state index >= 15 is 0 Å². The van der Waals surface area contributed by atoms with Crippen LogP contribution >= 0.6 is 0 Å². The number of hydrogen-bond donors (Lipinski definition) is 1. The van der Waals surface area contributed by atoms with E-state index in [4.69, 9.17) is 0 Å².